The van der Waals surface area contributed by atoms with Crippen LogP contribution in [0.1, 0.15) is 33.6 Å². The van der Waals surface area contributed by atoms with Crippen LogP contribution in [0.3, 0.4) is 0 Å². The summed E-state index contributed by atoms with van der Waals surface area (Å²) in [5, 5.41) is 0. The summed E-state index contributed by atoms with van der Waals surface area (Å²) in [6.45, 7) is 7.49. The maximum Gasteiger partial charge on any atom is 0.243 e. The van der Waals surface area contributed by atoms with Crippen LogP contribution in [0.2, 0.25) is 0 Å². The predicted octanol–water partition coefficient (Wildman–Crippen LogP) is 2.50. The summed E-state index contributed by atoms with van der Waals surface area (Å²) in [7, 11) is -3.56. The fourth-order valence-electron chi connectivity index (χ4n) is 2.40. The molecule has 0 aliphatic carbocycles. The maximum absolute atomic E-state index is 12.5. The van der Waals surface area contributed by atoms with Gasteiger partial charge in [0.1, 0.15) is 12.3 Å². The Morgan fingerprint density at radius 2 is 1.58 bits per heavy atom. The molecule has 0 radical (unpaired) electrons. The Morgan fingerprint density at radius 1 is 1.04 bits per heavy atom. The third-order valence-corrected chi connectivity index (χ3v) is 4.60. The molecule has 0 heterocycles. The molecule has 7 heteroatoms. The van der Waals surface area contributed by atoms with Gasteiger partial charge in [-0.3, -0.25) is 9.10 Å². The van der Waals surface area contributed by atoms with Crippen LogP contribution in [0.5, 0.6) is 5.75 Å². The van der Waals surface area contributed by atoms with E-state index in [0.29, 0.717) is 31.1 Å². The van der Waals surface area contributed by atoms with Gasteiger partial charge in [0.25, 0.3) is 0 Å². The highest BCUT2D eigenvalue weighted by atomic mass is 32.2. The fraction of sp³-hybridized carbons (Fsp3) is 0.588. The first-order valence-electron chi connectivity index (χ1n) is 8.31. The van der Waals surface area contributed by atoms with Gasteiger partial charge in [0.2, 0.25) is 15.9 Å². The molecule has 0 aromatic heterocycles. The average molecular weight is 356 g/mol. The minimum Gasteiger partial charge on any atom is -0.494 e. The largest absolute Gasteiger partial charge is 0.494 e. The topological polar surface area (TPSA) is 66.9 Å². The zero-order valence-electron chi connectivity index (χ0n) is 15.0. The van der Waals surface area contributed by atoms with Crippen LogP contribution in [0, 0.1) is 0 Å². The molecule has 0 aliphatic rings. The van der Waals surface area contributed by atoms with Crippen LogP contribution in [-0.4, -0.2) is 51.7 Å². The number of carbonyl (C=O) groups excluding carboxylic acids is 1. The van der Waals surface area contributed by atoms with Crippen molar-refractivity contribution < 1.29 is 17.9 Å². The second-order valence-corrected chi connectivity index (χ2v) is 7.48. The van der Waals surface area contributed by atoms with Crippen molar-refractivity contribution in [2.24, 2.45) is 0 Å². The van der Waals surface area contributed by atoms with Crippen molar-refractivity contribution in [1.29, 1.82) is 0 Å². The highest BCUT2D eigenvalue weighted by molar-refractivity contribution is 7.92. The molecule has 1 amide bonds. The number of hydrogen-bond acceptors (Lipinski definition) is 4. The summed E-state index contributed by atoms with van der Waals surface area (Å²) in [6.07, 6.45) is 2.79. The molecule has 0 spiro atoms. The van der Waals surface area contributed by atoms with Crippen molar-refractivity contribution in [2.75, 3.05) is 36.8 Å². The lowest BCUT2D eigenvalue weighted by Gasteiger charge is -2.27. The van der Waals surface area contributed by atoms with Gasteiger partial charge in [-0.25, -0.2) is 8.42 Å². The van der Waals surface area contributed by atoms with E-state index in [1.165, 1.54) is 0 Å². The number of carbonyl (C=O) groups is 1. The van der Waals surface area contributed by atoms with E-state index in [1.54, 1.807) is 29.2 Å². The first-order chi connectivity index (χ1) is 11.3. The maximum atomic E-state index is 12.5. The van der Waals surface area contributed by atoms with E-state index in [9.17, 15) is 13.2 Å². The Hall–Kier alpha value is -1.76. The highest BCUT2D eigenvalue weighted by Crippen LogP contribution is 2.21. The summed E-state index contributed by atoms with van der Waals surface area (Å²) < 4.78 is 30.8. The molecule has 1 aromatic rings. The lowest BCUT2D eigenvalue weighted by Crippen LogP contribution is -2.43. The average Bonchev–Trinajstić information content (AvgIpc) is 2.52. The standard InChI is InChI=1S/C17H28N2O4S/c1-5-12-18(13-6-2)17(20)14-19(24(4,21)22)15-8-10-16(11-9-15)23-7-3/h8-11H,5-7,12-14H2,1-4H3. The molecular formula is C17H28N2O4S. The van der Waals surface area contributed by atoms with E-state index in [1.807, 2.05) is 20.8 Å². The van der Waals surface area contributed by atoms with Crippen molar-refractivity contribution >= 4 is 21.6 Å². The zero-order chi connectivity index (χ0) is 18.2. The number of benzene rings is 1. The van der Waals surface area contributed by atoms with Gasteiger partial charge >= 0.3 is 0 Å². The van der Waals surface area contributed by atoms with Gasteiger partial charge in [0.05, 0.1) is 18.6 Å². The molecule has 0 bridgehead atoms. The predicted molar refractivity (Wildman–Crippen MR) is 97.0 cm³/mol. The third kappa shape index (κ3) is 6.03. The van der Waals surface area contributed by atoms with Gasteiger partial charge in [0, 0.05) is 13.1 Å². The number of sulfonamides is 1. The number of amides is 1. The van der Waals surface area contributed by atoms with Crippen molar-refractivity contribution in [3.63, 3.8) is 0 Å². The Kier molecular flexibility index (Phi) is 8.04. The van der Waals surface area contributed by atoms with E-state index in [0.717, 1.165) is 23.4 Å². The molecule has 0 aliphatic heterocycles. The first kappa shape index (κ1) is 20.3. The fourth-order valence-corrected chi connectivity index (χ4v) is 3.25. The van der Waals surface area contributed by atoms with Gasteiger partial charge in [-0.05, 0) is 44.0 Å². The molecule has 24 heavy (non-hydrogen) atoms. The van der Waals surface area contributed by atoms with Gasteiger partial charge in [-0.15, -0.1) is 0 Å². The molecule has 0 N–H and O–H groups in total. The molecule has 0 atom stereocenters. The quantitative estimate of drug-likeness (QED) is 0.646. The molecule has 136 valence electrons. The van der Waals surface area contributed by atoms with Crippen LogP contribution in [0.15, 0.2) is 24.3 Å². The van der Waals surface area contributed by atoms with Crippen LogP contribution in [0.4, 0.5) is 5.69 Å². The molecular weight excluding hydrogens is 328 g/mol. The molecule has 1 aromatic carbocycles. The van der Waals surface area contributed by atoms with Crippen LogP contribution in [-0.2, 0) is 14.8 Å². The van der Waals surface area contributed by atoms with Gasteiger partial charge < -0.3 is 9.64 Å². The van der Waals surface area contributed by atoms with Crippen molar-refractivity contribution in [3.8, 4) is 5.75 Å². The molecule has 6 nitrogen and oxygen atoms in total. The second-order valence-electron chi connectivity index (χ2n) is 5.58. The zero-order valence-corrected chi connectivity index (χ0v) is 15.8. The van der Waals surface area contributed by atoms with Crippen molar-refractivity contribution in [1.82, 2.24) is 4.90 Å². The second kappa shape index (κ2) is 9.52. The number of rotatable bonds is 10. The SMILES string of the molecule is CCCN(CCC)C(=O)CN(c1ccc(OCC)cc1)S(C)(=O)=O. The first-order valence-corrected chi connectivity index (χ1v) is 10.2. The monoisotopic (exact) mass is 356 g/mol. The smallest absolute Gasteiger partial charge is 0.243 e. The number of ether oxygens (including phenoxy) is 1. The Labute approximate surface area is 145 Å². The van der Waals surface area contributed by atoms with Crippen molar-refractivity contribution in [2.45, 2.75) is 33.6 Å². The minimum atomic E-state index is -3.56. The molecule has 0 saturated heterocycles. The van der Waals surface area contributed by atoms with Crippen molar-refractivity contribution in [3.05, 3.63) is 24.3 Å². The number of nitrogens with zero attached hydrogens (tertiary/aromatic N) is 2. The Morgan fingerprint density at radius 3 is 2.00 bits per heavy atom. The number of hydrogen-bond donors (Lipinski definition) is 0. The van der Waals surface area contributed by atoms with Gasteiger partial charge in [-0.1, -0.05) is 13.8 Å². The van der Waals surface area contributed by atoms with Crippen LogP contribution < -0.4 is 9.04 Å². The van der Waals surface area contributed by atoms with E-state index < -0.39 is 10.0 Å². The Balaban J connectivity index is 2.99. The highest BCUT2D eigenvalue weighted by Gasteiger charge is 2.23. The summed E-state index contributed by atoms with van der Waals surface area (Å²) in [6, 6.07) is 6.72. The Bertz CT molecular complexity index is 608. The molecule has 0 unspecified atom stereocenters. The lowest BCUT2D eigenvalue weighted by atomic mass is 10.3. The van der Waals surface area contributed by atoms with Gasteiger partial charge in [-0.2, -0.15) is 0 Å². The third-order valence-electron chi connectivity index (χ3n) is 3.45. The van der Waals surface area contributed by atoms with Crippen LogP contribution >= 0.6 is 0 Å². The molecule has 0 saturated carbocycles. The van der Waals surface area contributed by atoms with Gasteiger partial charge in [0.15, 0.2) is 0 Å². The van der Waals surface area contributed by atoms with E-state index >= 15 is 0 Å². The molecule has 1 rings (SSSR count). The van der Waals surface area contributed by atoms with E-state index in [-0.39, 0.29) is 12.5 Å². The summed E-state index contributed by atoms with van der Waals surface area (Å²) >= 11 is 0. The minimum absolute atomic E-state index is 0.182. The normalized spacial score (nSPS) is 11.2. The summed E-state index contributed by atoms with van der Waals surface area (Å²) in [5.74, 6) is 0.484. The summed E-state index contributed by atoms with van der Waals surface area (Å²) in [5.41, 5.74) is 0.460. The van der Waals surface area contributed by atoms with E-state index in [2.05, 4.69) is 0 Å². The van der Waals surface area contributed by atoms with Crippen LogP contribution in [0.25, 0.3) is 0 Å². The summed E-state index contributed by atoms with van der Waals surface area (Å²) in [4.78, 5) is 14.2. The lowest BCUT2D eigenvalue weighted by molar-refractivity contribution is -0.129. The van der Waals surface area contributed by atoms with E-state index in [4.69, 9.17) is 4.74 Å². The molecule has 0 fully saturated rings. The number of anilines is 1.